The SMILES string of the molecule is COc1cc(C(C)=O)cc([N+](=O)[O-])c1OC(C)C. The first-order valence-corrected chi connectivity index (χ1v) is 5.40. The number of benzene rings is 1. The highest BCUT2D eigenvalue weighted by atomic mass is 16.6. The third-order valence-corrected chi connectivity index (χ3v) is 2.21. The van der Waals surface area contributed by atoms with Gasteiger partial charge in [0, 0.05) is 11.6 Å². The second-order valence-electron chi connectivity index (χ2n) is 4.01. The molecule has 0 unspecified atom stereocenters. The van der Waals surface area contributed by atoms with Crippen molar-refractivity contribution in [2.24, 2.45) is 0 Å². The van der Waals surface area contributed by atoms with Crippen molar-refractivity contribution < 1.29 is 19.2 Å². The number of nitrogens with zero attached hydrogens (tertiary/aromatic N) is 1. The largest absolute Gasteiger partial charge is 0.493 e. The monoisotopic (exact) mass is 253 g/mol. The molecule has 18 heavy (non-hydrogen) atoms. The van der Waals surface area contributed by atoms with E-state index < -0.39 is 4.92 Å². The minimum absolute atomic E-state index is 0.0440. The molecule has 0 fully saturated rings. The second kappa shape index (κ2) is 5.48. The first-order valence-electron chi connectivity index (χ1n) is 5.40. The number of ether oxygens (including phenoxy) is 2. The standard InChI is InChI=1S/C12H15NO5/c1-7(2)18-12-10(13(15)16)5-9(8(3)14)6-11(12)17-4/h5-7H,1-4H3. The van der Waals surface area contributed by atoms with Crippen molar-refractivity contribution in [3.8, 4) is 11.5 Å². The van der Waals surface area contributed by atoms with Crippen molar-refractivity contribution in [2.75, 3.05) is 7.11 Å². The van der Waals surface area contributed by atoms with Crippen LogP contribution in [0.4, 0.5) is 5.69 Å². The number of carbonyl (C=O) groups excluding carboxylic acids is 1. The highest BCUT2D eigenvalue weighted by Gasteiger charge is 2.24. The Kier molecular flexibility index (Phi) is 4.25. The zero-order valence-corrected chi connectivity index (χ0v) is 10.7. The molecule has 0 aromatic heterocycles. The molecule has 0 heterocycles. The maximum absolute atomic E-state index is 11.3. The average molecular weight is 253 g/mol. The Balaban J connectivity index is 3.45. The summed E-state index contributed by atoms with van der Waals surface area (Å²) in [4.78, 5) is 21.7. The van der Waals surface area contributed by atoms with Crippen LogP contribution in [-0.2, 0) is 0 Å². The molecule has 6 heteroatoms. The van der Waals surface area contributed by atoms with Crippen molar-refractivity contribution in [2.45, 2.75) is 26.9 Å². The Morgan fingerprint density at radius 3 is 2.39 bits per heavy atom. The minimum Gasteiger partial charge on any atom is -0.493 e. The zero-order chi connectivity index (χ0) is 13.9. The molecule has 6 nitrogen and oxygen atoms in total. The highest BCUT2D eigenvalue weighted by molar-refractivity contribution is 5.95. The van der Waals surface area contributed by atoms with Crippen LogP contribution in [0.1, 0.15) is 31.1 Å². The molecule has 0 bridgehead atoms. The Morgan fingerprint density at radius 2 is 2.00 bits per heavy atom. The number of carbonyl (C=O) groups is 1. The van der Waals surface area contributed by atoms with Gasteiger partial charge in [0.15, 0.2) is 11.5 Å². The van der Waals surface area contributed by atoms with E-state index in [1.165, 1.54) is 26.2 Å². The fraction of sp³-hybridized carbons (Fsp3) is 0.417. The Bertz CT molecular complexity index is 482. The number of Topliss-reactive ketones (excluding diaryl/α,β-unsaturated/α-hetero) is 1. The number of nitro benzene ring substituents is 1. The van der Waals surface area contributed by atoms with Crippen LogP contribution in [0.2, 0.25) is 0 Å². The fourth-order valence-electron chi connectivity index (χ4n) is 1.43. The van der Waals surface area contributed by atoms with Gasteiger partial charge in [-0.25, -0.2) is 0 Å². The third kappa shape index (κ3) is 2.97. The molecule has 1 aromatic carbocycles. The van der Waals surface area contributed by atoms with Crippen LogP contribution in [-0.4, -0.2) is 23.9 Å². The van der Waals surface area contributed by atoms with Gasteiger partial charge in [0.1, 0.15) is 0 Å². The lowest BCUT2D eigenvalue weighted by molar-refractivity contribution is -0.386. The number of hydrogen-bond donors (Lipinski definition) is 0. The summed E-state index contributed by atoms with van der Waals surface area (Å²) in [5.74, 6) is -0.0434. The van der Waals surface area contributed by atoms with E-state index in [9.17, 15) is 14.9 Å². The fourth-order valence-corrected chi connectivity index (χ4v) is 1.43. The van der Waals surface area contributed by atoms with Crippen molar-refractivity contribution in [1.82, 2.24) is 0 Å². The van der Waals surface area contributed by atoms with Gasteiger partial charge >= 0.3 is 5.69 Å². The number of rotatable bonds is 5. The van der Waals surface area contributed by atoms with Gasteiger partial charge in [-0.15, -0.1) is 0 Å². The number of methoxy groups -OCH3 is 1. The molecule has 98 valence electrons. The molecule has 0 aliphatic rings. The summed E-state index contributed by atoms with van der Waals surface area (Å²) in [6.07, 6.45) is -0.235. The van der Waals surface area contributed by atoms with Crippen LogP contribution in [0.25, 0.3) is 0 Å². The van der Waals surface area contributed by atoms with E-state index in [4.69, 9.17) is 9.47 Å². The molecule has 0 saturated carbocycles. The number of hydrogen-bond acceptors (Lipinski definition) is 5. The van der Waals surface area contributed by atoms with Crippen LogP contribution >= 0.6 is 0 Å². The average Bonchev–Trinajstić information content (AvgIpc) is 2.27. The van der Waals surface area contributed by atoms with Crippen molar-refractivity contribution in [3.05, 3.63) is 27.8 Å². The van der Waals surface area contributed by atoms with E-state index in [1.807, 2.05) is 0 Å². The molecule has 1 rings (SSSR count). The van der Waals surface area contributed by atoms with Crippen molar-refractivity contribution in [3.63, 3.8) is 0 Å². The smallest absolute Gasteiger partial charge is 0.315 e. The van der Waals surface area contributed by atoms with Gasteiger partial charge < -0.3 is 9.47 Å². The summed E-state index contributed by atoms with van der Waals surface area (Å²) >= 11 is 0. The minimum atomic E-state index is -0.591. The van der Waals surface area contributed by atoms with Crippen molar-refractivity contribution in [1.29, 1.82) is 0 Å². The lowest BCUT2D eigenvalue weighted by Crippen LogP contribution is -2.09. The molecule has 0 amide bonds. The van der Waals surface area contributed by atoms with E-state index in [0.717, 1.165) is 0 Å². The number of nitro groups is 1. The van der Waals surface area contributed by atoms with Gasteiger partial charge in [-0.3, -0.25) is 14.9 Å². The van der Waals surface area contributed by atoms with Gasteiger partial charge in [0.2, 0.25) is 5.75 Å². The summed E-state index contributed by atoms with van der Waals surface area (Å²) in [7, 11) is 1.37. The lowest BCUT2D eigenvalue weighted by atomic mass is 10.1. The van der Waals surface area contributed by atoms with Crippen LogP contribution in [0.15, 0.2) is 12.1 Å². The molecule has 0 radical (unpaired) electrons. The van der Waals surface area contributed by atoms with E-state index in [1.54, 1.807) is 13.8 Å². The molecule has 0 N–H and O–H groups in total. The molecule has 0 spiro atoms. The normalized spacial score (nSPS) is 10.3. The maximum atomic E-state index is 11.3. The summed E-state index contributed by atoms with van der Waals surface area (Å²) < 4.78 is 10.4. The topological polar surface area (TPSA) is 78.7 Å². The molecule has 0 saturated heterocycles. The molecule has 1 aromatic rings. The predicted molar refractivity (Wildman–Crippen MR) is 65.4 cm³/mol. The van der Waals surface area contributed by atoms with Crippen LogP contribution in [0.5, 0.6) is 11.5 Å². The molecule has 0 atom stereocenters. The van der Waals surface area contributed by atoms with E-state index in [0.29, 0.717) is 0 Å². The Hall–Kier alpha value is -2.11. The summed E-state index contributed by atoms with van der Waals surface area (Å²) in [5, 5.41) is 11.0. The van der Waals surface area contributed by atoms with Crippen LogP contribution in [0, 0.1) is 10.1 Å². The van der Waals surface area contributed by atoms with Crippen LogP contribution < -0.4 is 9.47 Å². The summed E-state index contributed by atoms with van der Waals surface area (Å²) in [5.41, 5.74) is -0.0529. The summed E-state index contributed by atoms with van der Waals surface area (Å²) in [6.45, 7) is 4.84. The Labute approximate surface area is 105 Å². The summed E-state index contributed by atoms with van der Waals surface area (Å²) in [6, 6.07) is 2.63. The quantitative estimate of drug-likeness (QED) is 0.458. The van der Waals surface area contributed by atoms with Crippen molar-refractivity contribution >= 4 is 11.5 Å². The number of ketones is 1. The van der Waals surface area contributed by atoms with Gasteiger partial charge in [0.05, 0.1) is 18.1 Å². The Morgan fingerprint density at radius 1 is 1.39 bits per heavy atom. The third-order valence-electron chi connectivity index (χ3n) is 2.21. The first kappa shape index (κ1) is 14.0. The second-order valence-corrected chi connectivity index (χ2v) is 4.01. The van der Waals surface area contributed by atoms with Gasteiger partial charge in [0.25, 0.3) is 0 Å². The van der Waals surface area contributed by atoms with Crippen LogP contribution in [0.3, 0.4) is 0 Å². The maximum Gasteiger partial charge on any atom is 0.315 e. The zero-order valence-electron chi connectivity index (χ0n) is 10.7. The highest BCUT2D eigenvalue weighted by Crippen LogP contribution is 2.39. The first-order chi connectivity index (χ1) is 8.36. The van der Waals surface area contributed by atoms with Gasteiger partial charge in [-0.1, -0.05) is 0 Å². The molecular formula is C12H15NO5. The van der Waals surface area contributed by atoms with E-state index >= 15 is 0 Å². The lowest BCUT2D eigenvalue weighted by Gasteiger charge is -2.14. The van der Waals surface area contributed by atoms with E-state index in [2.05, 4.69) is 0 Å². The van der Waals surface area contributed by atoms with Gasteiger partial charge in [-0.05, 0) is 26.8 Å². The predicted octanol–water partition coefficient (Wildman–Crippen LogP) is 2.59. The molecular weight excluding hydrogens is 238 g/mol. The molecule has 0 aliphatic carbocycles. The molecule has 0 aliphatic heterocycles. The van der Waals surface area contributed by atoms with Gasteiger partial charge in [-0.2, -0.15) is 0 Å². The van der Waals surface area contributed by atoms with E-state index in [-0.39, 0.29) is 34.6 Å².